The van der Waals surface area contributed by atoms with Crippen LogP contribution in [0.4, 0.5) is 46.4 Å². The summed E-state index contributed by atoms with van der Waals surface area (Å²) in [5.41, 5.74) is 3.45. The molecule has 1 aliphatic rings. The van der Waals surface area contributed by atoms with Gasteiger partial charge in [-0.3, -0.25) is 4.79 Å². The number of benzene rings is 3. The minimum atomic E-state index is -4.65. The maximum absolute atomic E-state index is 13.1. The fourth-order valence-electron chi connectivity index (χ4n) is 3.96. The molecule has 0 bridgehead atoms. The molecule has 0 saturated heterocycles. The lowest BCUT2D eigenvalue weighted by molar-refractivity contribution is -0.137. The number of aromatic amines is 1. The highest BCUT2D eigenvalue weighted by atomic mass is 35.5. The molecule has 0 saturated carbocycles. The normalized spacial score (nSPS) is 13.7. The van der Waals surface area contributed by atoms with E-state index in [0.29, 0.717) is 28.3 Å². The van der Waals surface area contributed by atoms with E-state index in [1.807, 2.05) is 24.3 Å². The van der Waals surface area contributed by atoms with Crippen molar-refractivity contribution in [2.45, 2.75) is 6.18 Å². The topological polar surface area (TPSA) is 98.1 Å². The van der Waals surface area contributed by atoms with Gasteiger partial charge >= 0.3 is 12.2 Å². The summed E-state index contributed by atoms with van der Waals surface area (Å²) in [5.74, 6) is -0.202. The molecule has 0 spiro atoms. The van der Waals surface area contributed by atoms with Crippen LogP contribution in [0.5, 0.6) is 0 Å². The molecule has 1 aliphatic heterocycles. The van der Waals surface area contributed by atoms with Crippen LogP contribution in [0.25, 0.3) is 11.6 Å². The van der Waals surface area contributed by atoms with Crippen molar-refractivity contribution in [3.8, 4) is 0 Å². The van der Waals surface area contributed by atoms with Gasteiger partial charge in [0.1, 0.15) is 0 Å². The third kappa shape index (κ3) is 5.50. The molecule has 5 N–H and O–H groups in total. The summed E-state index contributed by atoms with van der Waals surface area (Å²) in [5, 5.41) is 10.6. The molecule has 4 aromatic rings. The van der Waals surface area contributed by atoms with Crippen molar-refractivity contribution < 1.29 is 22.8 Å². The molecule has 7 nitrogen and oxygen atoms in total. The maximum Gasteiger partial charge on any atom is 0.417 e. The Morgan fingerprint density at radius 3 is 2.32 bits per heavy atom. The highest BCUT2D eigenvalue weighted by molar-refractivity contribution is 6.35. The monoisotopic (exact) mass is 537 g/mol. The zero-order valence-electron chi connectivity index (χ0n) is 19.4. The molecule has 3 aromatic carbocycles. The van der Waals surface area contributed by atoms with E-state index < -0.39 is 22.8 Å². The summed E-state index contributed by atoms with van der Waals surface area (Å²) < 4.78 is 39.2. The smallest absolute Gasteiger partial charge is 0.362 e. The van der Waals surface area contributed by atoms with Crippen LogP contribution in [0.1, 0.15) is 16.8 Å². The number of alkyl halides is 3. The Labute approximate surface area is 219 Å². The van der Waals surface area contributed by atoms with Gasteiger partial charge < -0.3 is 26.3 Å². The van der Waals surface area contributed by atoms with E-state index >= 15 is 0 Å². The molecule has 11 heteroatoms. The lowest BCUT2D eigenvalue weighted by Crippen LogP contribution is -2.20. The number of amides is 3. The van der Waals surface area contributed by atoms with Crippen molar-refractivity contribution in [1.82, 2.24) is 4.98 Å². The van der Waals surface area contributed by atoms with Crippen LogP contribution >= 0.6 is 11.6 Å². The Balaban J connectivity index is 1.27. The third-order valence-electron chi connectivity index (χ3n) is 5.66. The van der Waals surface area contributed by atoms with Crippen molar-refractivity contribution >= 4 is 63.6 Å². The number of carbonyl (C=O) groups excluding carboxylic acids is 2. The van der Waals surface area contributed by atoms with E-state index in [9.17, 15) is 22.8 Å². The second kappa shape index (κ2) is 9.98. The van der Waals surface area contributed by atoms with E-state index in [2.05, 4.69) is 26.3 Å². The Morgan fingerprint density at radius 1 is 0.868 bits per heavy atom. The molecule has 0 aliphatic carbocycles. The lowest BCUT2D eigenvalue weighted by Gasteiger charge is -2.13. The van der Waals surface area contributed by atoms with Gasteiger partial charge in [0.2, 0.25) is 0 Å². The second-order valence-electron chi connectivity index (χ2n) is 8.38. The van der Waals surface area contributed by atoms with Crippen molar-refractivity contribution in [3.63, 3.8) is 0 Å². The summed E-state index contributed by atoms with van der Waals surface area (Å²) in [4.78, 5) is 27.9. The Morgan fingerprint density at radius 2 is 1.58 bits per heavy atom. The molecule has 2 heterocycles. The molecule has 0 fully saturated rings. The van der Waals surface area contributed by atoms with Crippen LogP contribution in [0.2, 0.25) is 5.02 Å². The van der Waals surface area contributed by atoms with Gasteiger partial charge in [-0.05, 0) is 66.7 Å². The number of hydrogen-bond donors (Lipinski definition) is 5. The van der Waals surface area contributed by atoms with E-state index in [1.165, 1.54) is 6.07 Å². The third-order valence-corrected chi connectivity index (χ3v) is 5.99. The first-order valence-corrected chi connectivity index (χ1v) is 11.7. The first-order chi connectivity index (χ1) is 18.2. The van der Waals surface area contributed by atoms with Gasteiger partial charge in [0, 0.05) is 40.2 Å². The van der Waals surface area contributed by atoms with Crippen molar-refractivity contribution in [1.29, 1.82) is 0 Å². The number of nitrogens with one attached hydrogen (secondary N) is 5. The van der Waals surface area contributed by atoms with Gasteiger partial charge in [-0.15, -0.1) is 0 Å². The summed E-state index contributed by atoms with van der Waals surface area (Å²) in [6.45, 7) is 0. The summed E-state index contributed by atoms with van der Waals surface area (Å²) in [6.07, 6.45) is -1.09. The zero-order valence-corrected chi connectivity index (χ0v) is 20.2. The fourth-order valence-corrected chi connectivity index (χ4v) is 4.18. The second-order valence-corrected chi connectivity index (χ2v) is 8.78. The molecule has 0 radical (unpaired) electrons. The van der Waals surface area contributed by atoms with Crippen molar-refractivity contribution in [3.05, 3.63) is 101 Å². The Kier molecular flexibility index (Phi) is 6.56. The van der Waals surface area contributed by atoms with Gasteiger partial charge in [-0.25, -0.2) is 4.79 Å². The molecule has 0 unspecified atom stereocenters. The SMILES string of the molecule is O=C(Nc1cccc(Nc2ccc3c(c2)NC(=O)/C3=C\c2ccc[nH]2)c1)Nc1ccc(Cl)c(C(F)(F)F)c1. The van der Waals surface area contributed by atoms with E-state index in [4.69, 9.17) is 11.6 Å². The van der Waals surface area contributed by atoms with Crippen LogP contribution in [0.3, 0.4) is 0 Å². The van der Waals surface area contributed by atoms with E-state index in [0.717, 1.165) is 23.4 Å². The summed E-state index contributed by atoms with van der Waals surface area (Å²) in [6, 6.07) is 18.3. The summed E-state index contributed by atoms with van der Waals surface area (Å²) >= 11 is 5.63. The molecule has 1 aromatic heterocycles. The largest absolute Gasteiger partial charge is 0.417 e. The number of carbonyl (C=O) groups is 2. The molecule has 3 amide bonds. The first kappa shape index (κ1) is 25.0. The molecular weight excluding hydrogens is 519 g/mol. The zero-order chi connectivity index (χ0) is 26.9. The average Bonchev–Trinajstić information content (AvgIpc) is 3.47. The predicted molar refractivity (Wildman–Crippen MR) is 143 cm³/mol. The van der Waals surface area contributed by atoms with Crippen molar-refractivity contribution in [2.24, 2.45) is 0 Å². The summed E-state index contributed by atoms with van der Waals surface area (Å²) in [7, 11) is 0. The molecule has 0 atom stereocenters. The van der Waals surface area contributed by atoms with Crippen LogP contribution in [0.15, 0.2) is 79.0 Å². The maximum atomic E-state index is 13.1. The van der Waals surface area contributed by atoms with Crippen LogP contribution in [-0.4, -0.2) is 16.9 Å². The standard InChI is InChI=1S/C27H19ClF3N5O2/c28-23-9-7-18(13-22(23)27(29,30)31)35-26(38)34-17-4-1-3-16(11-17)33-19-6-8-20-21(12-15-5-2-10-32-15)25(37)36-24(20)14-19/h1-14,32-33H,(H,36,37)(H2,34,35,38)/b21-12-. The van der Waals surface area contributed by atoms with Crippen LogP contribution in [0, 0.1) is 0 Å². The quantitative estimate of drug-likeness (QED) is 0.170. The Bertz CT molecular complexity index is 1570. The molecule has 38 heavy (non-hydrogen) atoms. The van der Waals surface area contributed by atoms with Crippen LogP contribution in [-0.2, 0) is 11.0 Å². The number of fused-ring (bicyclic) bond motifs is 1. The number of urea groups is 1. The average molecular weight is 538 g/mol. The number of H-pyrrole nitrogens is 1. The minimum absolute atomic E-state index is 0.0571. The number of aromatic nitrogens is 1. The highest BCUT2D eigenvalue weighted by Gasteiger charge is 2.33. The van der Waals surface area contributed by atoms with Gasteiger partial charge in [0.05, 0.1) is 21.8 Å². The number of rotatable bonds is 5. The van der Waals surface area contributed by atoms with Crippen LogP contribution < -0.4 is 21.3 Å². The Hall–Kier alpha value is -4.70. The predicted octanol–water partition coefficient (Wildman–Crippen LogP) is 7.57. The highest BCUT2D eigenvalue weighted by Crippen LogP contribution is 2.37. The van der Waals surface area contributed by atoms with E-state index in [-0.39, 0.29) is 11.6 Å². The number of halogens is 4. The number of anilines is 5. The van der Waals surface area contributed by atoms with Gasteiger partial charge in [0.25, 0.3) is 5.91 Å². The number of hydrogen-bond acceptors (Lipinski definition) is 3. The van der Waals surface area contributed by atoms with Gasteiger partial charge in [0.15, 0.2) is 0 Å². The minimum Gasteiger partial charge on any atom is -0.362 e. The molecular formula is C27H19ClF3N5O2. The fraction of sp³-hybridized carbons (Fsp3) is 0.0370. The van der Waals surface area contributed by atoms with Gasteiger partial charge in [-0.1, -0.05) is 23.7 Å². The van der Waals surface area contributed by atoms with Crippen molar-refractivity contribution in [2.75, 3.05) is 21.3 Å². The first-order valence-electron chi connectivity index (χ1n) is 11.3. The van der Waals surface area contributed by atoms with Gasteiger partial charge in [-0.2, -0.15) is 13.2 Å². The van der Waals surface area contributed by atoms with E-state index in [1.54, 1.807) is 42.6 Å². The molecule has 192 valence electrons. The lowest BCUT2D eigenvalue weighted by atomic mass is 10.1. The molecule has 5 rings (SSSR count).